The lowest BCUT2D eigenvalue weighted by Crippen LogP contribution is -1.99. The van der Waals surface area contributed by atoms with Gasteiger partial charge in [-0.1, -0.05) is 103 Å². The van der Waals surface area contributed by atoms with Crippen LogP contribution in [0.2, 0.25) is 0 Å². The fourth-order valence-electron chi connectivity index (χ4n) is 3.06. The smallest absolute Gasteiger partial charge is 0.331 e. The average molecular weight is 325 g/mol. The van der Waals surface area contributed by atoms with E-state index < -0.39 is 5.97 Å². The lowest BCUT2D eigenvalue weighted by atomic mass is 10.0. The molecule has 0 spiro atoms. The Morgan fingerprint density at radius 2 is 1.04 bits per heavy atom. The number of carboxylic acids is 1. The van der Waals surface area contributed by atoms with Crippen LogP contribution in [-0.2, 0) is 4.79 Å². The second-order valence-electron chi connectivity index (χ2n) is 6.82. The maximum atomic E-state index is 10.8. The maximum absolute atomic E-state index is 10.8. The van der Waals surface area contributed by atoms with E-state index in [4.69, 9.17) is 5.11 Å². The number of allylic oxidation sites excluding steroid dienone is 1. The number of carboxylic acid groups (broad SMARTS) is 1. The van der Waals surface area contributed by atoms with E-state index in [1.165, 1.54) is 89.9 Å². The summed E-state index contributed by atoms with van der Waals surface area (Å²) in [5, 5.41) is 8.92. The molecule has 0 amide bonds. The lowest BCUT2D eigenvalue weighted by molar-refractivity contribution is -0.132. The first-order chi connectivity index (χ1) is 11.2. The SMILES string of the molecule is CC=C(CCCCCCCCCCCCCCCCC)C(=O)O. The van der Waals surface area contributed by atoms with Crippen molar-refractivity contribution < 1.29 is 9.90 Å². The molecule has 0 aromatic rings. The van der Waals surface area contributed by atoms with Crippen molar-refractivity contribution in [2.24, 2.45) is 0 Å². The van der Waals surface area contributed by atoms with Crippen LogP contribution in [-0.4, -0.2) is 11.1 Å². The van der Waals surface area contributed by atoms with Crippen molar-refractivity contribution in [2.75, 3.05) is 0 Å². The minimum absolute atomic E-state index is 0.569. The van der Waals surface area contributed by atoms with Gasteiger partial charge in [0.05, 0.1) is 0 Å². The van der Waals surface area contributed by atoms with Crippen LogP contribution in [0.15, 0.2) is 11.6 Å². The topological polar surface area (TPSA) is 37.3 Å². The zero-order valence-corrected chi connectivity index (χ0v) is 15.7. The van der Waals surface area contributed by atoms with Gasteiger partial charge in [0.2, 0.25) is 0 Å². The van der Waals surface area contributed by atoms with Crippen molar-refractivity contribution in [3.05, 3.63) is 11.6 Å². The fourth-order valence-corrected chi connectivity index (χ4v) is 3.06. The highest BCUT2D eigenvalue weighted by atomic mass is 16.4. The summed E-state index contributed by atoms with van der Waals surface area (Å²) in [6, 6.07) is 0. The van der Waals surface area contributed by atoms with Crippen molar-refractivity contribution in [2.45, 2.75) is 117 Å². The van der Waals surface area contributed by atoms with Crippen molar-refractivity contribution in [1.29, 1.82) is 0 Å². The monoisotopic (exact) mass is 324 g/mol. The van der Waals surface area contributed by atoms with Crippen molar-refractivity contribution in [3.8, 4) is 0 Å². The highest BCUT2D eigenvalue weighted by Gasteiger charge is 2.04. The molecule has 0 rings (SSSR count). The zero-order chi connectivity index (χ0) is 17.2. The molecular formula is C21H40O2. The first-order valence-electron chi connectivity index (χ1n) is 10.1. The largest absolute Gasteiger partial charge is 0.478 e. The molecule has 1 N–H and O–H groups in total. The number of hydrogen-bond donors (Lipinski definition) is 1. The van der Waals surface area contributed by atoms with Crippen LogP contribution in [0.4, 0.5) is 0 Å². The zero-order valence-electron chi connectivity index (χ0n) is 15.7. The third-order valence-corrected chi connectivity index (χ3v) is 4.67. The van der Waals surface area contributed by atoms with Crippen LogP contribution in [0.1, 0.15) is 117 Å². The Kier molecular flexibility index (Phi) is 17.0. The van der Waals surface area contributed by atoms with Gasteiger partial charge in [0.1, 0.15) is 0 Å². The molecule has 0 heterocycles. The standard InChI is InChI=1S/C21H40O2/c1-3-5-6-7-8-9-10-11-12-13-14-15-16-17-18-19-20(4-2)21(22)23/h4H,3,5-19H2,1-2H3,(H,22,23). The van der Waals surface area contributed by atoms with E-state index in [1.54, 1.807) is 6.08 Å². The summed E-state index contributed by atoms with van der Waals surface area (Å²) in [6.07, 6.45) is 22.7. The van der Waals surface area contributed by atoms with Crippen LogP contribution in [0, 0.1) is 0 Å². The minimum Gasteiger partial charge on any atom is -0.478 e. The minimum atomic E-state index is -0.752. The molecule has 0 aromatic carbocycles. The summed E-state index contributed by atoms with van der Waals surface area (Å²) in [7, 11) is 0. The van der Waals surface area contributed by atoms with Gasteiger partial charge in [-0.05, 0) is 19.8 Å². The second-order valence-corrected chi connectivity index (χ2v) is 6.82. The molecule has 0 atom stereocenters. The Hall–Kier alpha value is -0.790. The van der Waals surface area contributed by atoms with Gasteiger partial charge in [-0.25, -0.2) is 4.79 Å². The molecule has 2 nitrogen and oxygen atoms in total. The van der Waals surface area contributed by atoms with Crippen molar-refractivity contribution >= 4 is 5.97 Å². The van der Waals surface area contributed by atoms with Gasteiger partial charge >= 0.3 is 5.97 Å². The van der Waals surface area contributed by atoms with Gasteiger partial charge in [-0.15, -0.1) is 0 Å². The van der Waals surface area contributed by atoms with Crippen LogP contribution in [0.25, 0.3) is 0 Å². The quantitative estimate of drug-likeness (QED) is 0.225. The first kappa shape index (κ1) is 22.2. The van der Waals surface area contributed by atoms with Crippen molar-refractivity contribution in [3.63, 3.8) is 0 Å². The predicted molar refractivity (Wildman–Crippen MR) is 101 cm³/mol. The van der Waals surface area contributed by atoms with Gasteiger partial charge in [0.15, 0.2) is 0 Å². The molecule has 0 aliphatic carbocycles. The van der Waals surface area contributed by atoms with E-state index in [0.717, 1.165) is 12.8 Å². The van der Waals surface area contributed by atoms with Gasteiger partial charge in [-0.2, -0.15) is 0 Å². The van der Waals surface area contributed by atoms with E-state index in [-0.39, 0.29) is 0 Å². The van der Waals surface area contributed by atoms with Gasteiger partial charge in [-0.3, -0.25) is 0 Å². The molecule has 0 aromatic heterocycles. The number of aliphatic carboxylic acids is 1. The summed E-state index contributed by atoms with van der Waals surface area (Å²) in [6.45, 7) is 4.09. The number of hydrogen-bond acceptors (Lipinski definition) is 1. The third kappa shape index (κ3) is 15.9. The molecule has 0 saturated carbocycles. The Morgan fingerprint density at radius 3 is 1.35 bits per heavy atom. The van der Waals surface area contributed by atoms with E-state index >= 15 is 0 Å². The van der Waals surface area contributed by atoms with Crippen LogP contribution in [0.3, 0.4) is 0 Å². The molecule has 0 aliphatic rings. The van der Waals surface area contributed by atoms with E-state index in [0.29, 0.717) is 5.57 Å². The normalized spacial score (nSPS) is 11.8. The Bertz CT molecular complexity index is 294. The molecule has 0 radical (unpaired) electrons. The van der Waals surface area contributed by atoms with Crippen LogP contribution < -0.4 is 0 Å². The van der Waals surface area contributed by atoms with Crippen LogP contribution >= 0.6 is 0 Å². The number of rotatable bonds is 17. The van der Waals surface area contributed by atoms with E-state index in [9.17, 15) is 4.79 Å². The summed E-state index contributed by atoms with van der Waals surface area (Å²) in [5.74, 6) is -0.752. The Morgan fingerprint density at radius 1 is 0.696 bits per heavy atom. The first-order valence-corrected chi connectivity index (χ1v) is 10.1. The Balaban J connectivity index is 3.15. The number of carbonyl (C=O) groups is 1. The number of unbranched alkanes of at least 4 members (excludes halogenated alkanes) is 14. The molecule has 0 bridgehead atoms. The molecule has 0 fully saturated rings. The third-order valence-electron chi connectivity index (χ3n) is 4.67. The molecular weight excluding hydrogens is 284 g/mol. The average Bonchev–Trinajstić information content (AvgIpc) is 2.54. The highest BCUT2D eigenvalue weighted by Crippen LogP contribution is 2.15. The van der Waals surface area contributed by atoms with Crippen molar-refractivity contribution in [1.82, 2.24) is 0 Å². The lowest BCUT2D eigenvalue weighted by Gasteiger charge is -2.04. The molecule has 0 aliphatic heterocycles. The fraction of sp³-hybridized carbons (Fsp3) is 0.857. The van der Waals surface area contributed by atoms with E-state index in [1.807, 2.05) is 6.92 Å². The highest BCUT2D eigenvalue weighted by molar-refractivity contribution is 5.86. The molecule has 136 valence electrons. The summed E-state index contributed by atoms with van der Waals surface area (Å²) < 4.78 is 0. The second kappa shape index (κ2) is 17.6. The summed E-state index contributed by atoms with van der Waals surface area (Å²) >= 11 is 0. The predicted octanol–water partition coefficient (Wildman–Crippen LogP) is 7.28. The van der Waals surface area contributed by atoms with Gasteiger partial charge < -0.3 is 5.11 Å². The van der Waals surface area contributed by atoms with Gasteiger partial charge in [0, 0.05) is 5.57 Å². The Labute approximate surface area is 144 Å². The summed E-state index contributed by atoms with van der Waals surface area (Å²) in [4.78, 5) is 10.8. The summed E-state index contributed by atoms with van der Waals surface area (Å²) in [5.41, 5.74) is 0.569. The molecule has 0 unspecified atom stereocenters. The molecule has 2 heteroatoms. The maximum Gasteiger partial charge on any atom is 0.331 e. The van der Waals surface area contributed by atoms with E-state index in [2.05, 4.69) is 6.92 Å². The molecule has 0 saturated heterocycles. The van der Waals surface area contributed by atoms with Crippen LogP contribution in [0.5, 0.6) is 0 Å². The molecule has 23 heavy (non-hydrogen) atoms. The van der Waals surface area contributed by atoms with Gasteiger partial charge in [0.25, 0.3) is 0 Å².